The molecule has 1 rings (SSSR count). The Hall–Kier alpha value is -1.84. The third kappa shape index (κ3) is 4.39. The van der Waals surface area contributed by atoms with E-state index in [-0.39, 0.29) is 23.9 Å². The van der Waals surface area contributed by atoms with E-state index in [1.165, 1.54) is 0 Å². The van der Waals surface area contributed by atoms with Crippen molar-refractivity contribution in [2.75, 3.05) is 6.61 Å². The maximum Gasteiger partial charge on any atom is 0.335 e. The van der Waals surface area contributed by atoms with E-state index in [1.807, 2.05) is 19.9 Å². The Balaban J connectivity index is 2.88. The summed E-state index contributed by atoms with van der Waals surface area (Å²) in [5.74, 6) is -0.981. The lowest BCUT2D eigenvalue weighted by Gasteiger charge is -2.11. The monoisotopic (exact) mass is 264 g/mol. The SMILES string of the molecule is CCOC(=O)CCc1ccc(C(C)C)cc1C(=O)O. The van der Waals surface area contributed by atoms with Gasteiger partial charge in [-0.25, -0.2) is 4.79 Å². The molecule has 0 spiro atoms. The number of hydrogen-bond acceptors (Lipinski definition) is 3. The van der Waals surface area contributed by atoms with Crippen LogP contribution in [0.3, 0.4) is 0 Å². The number of rotatable bonds is 6. The van der Waals surface area contributed by atoms with Gasteiger partial charge in [0.25, 0.3) is 0 Å². The van der Waals surface area contributed by atoms with Crippen molar-refractivity contribution in [1.29, 1.82) is 0 Å². The van der Waals surface area contributed by atoms with Crippen molar-refractivity contribution in [3.63, 3.8) is 0 Å². The molecule has 104 valence electrons. The highest BCUT2D eigenvalue weighted by Crippen LogP contribution is 2.20. The zero-order chi connectivity index (χ0) is 14.4. The van der Waals surface area contributed by atoms with Crippen molar-refractivity contribution < 1.29 is 19.4 Å². The largest absolute Gasteiger partial charge is 0.478 e. The van der Waals surface area contributed by atoms with E-state index < -0.39 is 5.97 Å². The Bertz CT molecular complexity index is 463. The second-order valence-electron chi connectivity index (χ2n) is 4.68. The first-order valence-electron chi connectivity index (χ1n) is 6.47. The van der Waals surface area contributed by atoms with Crippen LogP contribution in [0.4, 0.5) is 0 Å². The molecule has 0 atom stereocenters. The van der Waals surface area contributed by atoms with E-state index >= 15 is 0 Å². The molecule has 0 aromatic heterocycles. The van der Waals surface area contributed by atoms with E-state index in [0.717, 1.165) is 5.56 Å². The number of ether oxygens (including phenoxy) is 1. The summed E-state index contributed by atoms with van der Waals surface area (Å²) < 4.78 is 4.84. The van der Waals surface area contributed by atoms with Crippen LogP contribution in [0.15, 0.2) is 18.2 Å². The molecule has 0 saturated carbocycles. The normalized spacial score (nSPS) is 10.5. The lowest BCUT2D eigenvalue weighted by molar-refractivity contribution is -0.143. The highest BCUT2D eigenvalue weighted by molar-refractivity contribution is 5.89. The third-order valence-electron chi connectivity index (χ3n) is 2.93. The Labute approximate surface area is 113 Å². The van der Waals surface area contributed by atoms with Crippen molar-refractivity contribution in [1.82, 2.24) is 0 Å². The number of hydrogen-bond donors (Lipinski definition) is 1. The van der Waals surface area contributed by atoms with Crippen molar-refractivity contribution in [2.45, 2.75) is 39.5 Å². The van der Waals surface area contributed by atoms with Crippen molar-refractivity contribution in [2.24, 2.45) is 0 Å². The van der Waals surface area contributed by atoms with Gasteiger partial charge in [-0.15, -0.1) is 0 Å². The number of aromatic carboxylic acids is 1. The first-order chi connectivity index (χ1) is 8.95. The summed E-state index contributed by atoms with van der Waals surface area (Å²) in [5, 5.41) is 9.22. The summed E-state index contributed by atoms with van der Waals surface area (Å²) in [6, 6.07) is 5.39. The van der Waals surface area contributed by atoms with Gasteiger partial charge in [0.05, 0.1) is 12.2 Å². The minimum atomic E-state index is -0.957. The van der Waals surface area contributed by atoms with Gasteiger partial charge < -0.3 is 9.84 Å². The fraction of sp³-hybridized carbons (Fsp3) is 0.467. The second kappa shape index (κ2) is 6.92. The molecular formula is C15H20O4. The van der Waals surface area contributed by atoms with Crippen LogP contribution >= 0.6 is 0 Å². The zero-order valence-electron chi connectivity index (χ0n) is 11.6. The van der Waals surface area contributed by atoms with E-state index in [0.29, 0.717) is 18.6 Å². The molecule has 4 heteroatoms. The smallest absolute Gasteiger partial charge is 0.335 e. The summed E-state index contributed by atoms with van der Waals surface area (Å²) in [6.07, 6.45) is 0.591. The molecule has 0 saturated heterocycles. The number of aryl methyl sites for hydroxylation is 1. The Kier molecular flexibility index (Phi) is 5.55. The molecule has 4 nitrogen and oxygen atoms in total. The highest BCUT2D eigenvalue weighted by atomic mass is 16.5. The third-order valence-corrected chi connectivity index (χ3v) is 2.93. The van der Waals surface area contributed by atoms with Crippen LogP contribution in [0.5, 0.6) is 0 Å². The molecule has 0 bridgehead atoms. The number of carbonyl (C=O) groups excluding carboxylic acids is 1. The van der Waals surface area contributed by atoms with Gasteiger partial charge in [-0.2, -0.15) is 0 Å². The van der Waals surface area contributed by atoms with Crippen LogP contribution in [0.1, 0.15) is 54.6 Å². The number of carbonyl (C=O) groups is 2. The van der Waals surface area contributed by atoms with E-state index in [4.69, 9.17) is 4.74 Å². The van der Waals surface area contributed by atoms with Gasteiger partial charge in [0, 0.05) is 6.42 Å². The lowest BCUT2D eigenvalue weighted by Crippen LogP contribution is -2.09. The van der Waals surface area contributed by atoms with Crippen molar-refractivity contribution in [3.05, 3.63) is 34.9 Å². The maximum atomic E-state index is 11.3. The predicted octanol–water partition coefficient (Wildman–Crippen LogP) is 3.00. The number of benzene rings is 1. The van der Waals surface area contributed by atoms with Crippen molar-refractivity contribution >= 4 is 11.9 Å². The Morgan fingerprint density at radius 2 is 2.00 bits per heavy atom. The highest BCUT2D eigenvalue weighted by Gasteiger charge is 2.13. The molecule has 0 aliphatic carbocycles. The Morgan fingerprint density at radius 3 is 2.53 bits per heavy atom. The molecule has 0 amide bonds. The average molecular weight is 264 g/mol. The van der Waals surface area contributed by atoms with Gasteiger partial charge in [0.1, 0.15) is 0 Å². The van der Waals surface area contributed by atoms with E-state index in [1.54, 1.807) is 19.1 Å². The van der Waals surface area contributed by atoms with Crippen LogP contribution in [0, 0.1) is 0 Å². The van der Waals surface area contributed by atoms with Gasteiger partial charge in [-0.05, 0) is 36.5 Å². The summed E-state index contributed by atoms with van der Waals surface area (Å²) in [5.41, 5.74) is 1.93. The predicted molar refractivity (Wildman–Crippen MR) is 72.4 cm³/mol. The van der Waals surface area contributed by atoms with E-state index in [2.05, 4.69) is 0 Å². The number of esters is 1. The molecule has 0 unspecified atom stereocenters. The molecule has 0 aliphatic heterocycles. The zero-order valence-corrected chi connectivity index (χ0v) is 11.6. The average Bonchev–Trinajstić information content (AvgIpc) is 2.36. The van der Waals surface area contributed by atoms with Gasteiger partial charge in [0.15, 0.2) is 0 Å². The van der Waals surface area contributed by atoms with Gasteiger partial charge >= 0.3 is 11.9 Å². The topological polar surface area (TPSA) is 63.6 Å². The summed E-state index contributed by atoms with van der Waals surface area (Å²) >= 11 is 0. The Morgan fingerprint density at radius 1 is 1.32 bits per heavy atom. The lowest BCUT2D eigenvalue weighted by atomic mass is 9.95. The second-order valence-corrected chi connectivity index (χ2v) is 4.68. The van der Waals surface area contributed by atoms with Gasteiger partial charge in [-0.3, -0.25) is 4.79 Å². The van der Waals surface area contributed by atoms with Gasteiger partial charge in [0.2, 0.25) is 0 Å². The van der Waals surface area contributed by atoms with Crippen molar-refractivity contribution in [3.8, 4) is 0 Å². The maximum absolute atomic E-state index is 11.3. The molecule has 0 heterocycles. The standard InChI is InChI=1S/C15H20O4/c1-4-19-14(16)8-7-11-5-6-12(10(2)3)9-13(11)15(17)18/h5-6,9-10H,4,7-8H2,1-3H3,(H,17,18). The van der Waals surface area contributed by atoms with Crippen LogP contribution in [-0.2, 0) is 16.0 Å². The summed E-state index contributed by atoms with van der Waals surface area (Å²) in [6.45, 7) is 6.12. The van der Waals surface area contributed by atoms with Crippen LogP contribution in [0.2, 0.25) is 0 Å². The first kappa shape index (κ1) is 15.2. The molecule has 1 N–H and O–H groups in total. The minimum Gasteiger partial charge on any atom is -0.478 e. The van der Waals surface area contributed by atoms with Gasteiger partial charge in [-0.1, -0.05) is 26.0 Å². The van der Waals surface area contributed by atoms with E-state index in [9.17, 15) is 14.7 Å². The number of carboxylic acid groups (broad SMARTS) is 1. The molecule has 0 radical (unpaired) electrons. The minimum absolute atomic E-state index is 0.204. The molecule has 0 fully saturated rings. The summed E-state index contributed by atoms with van der Waals surface area (Å²) in [7, 11) is 0. The fourth-order valence-corrected chi connectivity index (χ4v) is 1.84. The molecular weight excluding hydrogens is 244 g/mol. The molecule has 19 heavy (non-hydrogen) atoms. The molecule has 0 aliphatic rings. The summed E-state index contributed by atoms with van der Waals surface area (Å²) in [4.78, 5) is 22.6. The van der Waals surface area contributed by atoms with Crippen LogP contribution < -0.4 is 0 Å². The molecule has 1 aromatic rings. The fourth-order valence-electron chi connectivity index (χ4n) is 1.84. The molecule has 1 aromatic carbocycles. The quantitative estimate of drug-likeness (QED) is 0.802. The number of carboxylic acids is 1. The van der Waals surface area contributed by atoms with Crippen LogP contribution in [-0.4, -0.2) is 23.7 Å². The van der Waals surface area contributed by atoms with Crippen LogP contribution in [0.25, 0.3) is 0 Å². The first-order valence-corrected chi connectivity index (χ1v) is 6.47.